The number of hydrogen-bond donors (Lipinski definition) is 2. The van der Waals surface area contributed by atoms with Gasteiger partial charge in [-0.25, -0.2) is 4.68 Å². The SMILES string of the molecule is CC(C)(C)n1ncc2c(=O)[nH]c(NCC3CCN(CC(F)(F)F)C3)nc21. The fourth-order valence-electron chi connectivity index (χ4n) is 3.21. The Kier molecular flexibility index (Phi) is 4.72. The molecule has 1 fully saturated rings. The molecule has 7 nitrogen and oxygen atoms in total. The molecule has 3 heterocycles. The minimum atomic E-state index is -4.18. The van der Waals surface area contributed by atoms with E-state index in [1.54, 1.807) is 4.68 Å². The van der Waals surface area contributed by atoms with Crippen LogP contribution in [0.2, 0.25) is 0 Å². The lowest BCUT2D eigenvalue weighted by molar-refractivity contribution is -0.143. The third-order valence-electron chi connectivity index (χ3n) is 4.40. The molecule has 1 saturated heterocycles. The quantitative estimate of drug-likeness (QED) is 0.860. The van der Waals surface area contributed by atoms with Crippen LogP contribution >= 0.6 is 0 Å². The number of aromatic amines is 1. The van der Waals surface area contributed by atoms with Crippen LogP contribution in [0.25, 0.3) is 11.0 Å². The molecule has 3 rings (SSSR count). The summed E-state index contributed by atoms with van der Waals surface area (Å²) >= 11 is 0. The van der Waals surface area contributed by atoms with Crippen LogP contribution in [0.15, 0.2) is 11.0 Å². The lowest BCUT2D eigenvalue weighted by Gasteiger charge is -2.20. The zero-order valence-corrected chi connectivity index (χ0v) is 15.0. The Hall–Kier alpha value is -2.10. The fraction of sp³-hybridized carbons (Fsp3) is 0.688. The van der Waals surface area contributed by atoms with Crippen molar-refractivity contribution in [3.8, 4) is 0 Å². The third kappa shape index (κ3) is 4.17. The van der Waals surface area contributed by atoms with Gasteiger partial charge in [-0.2, -0.15) is 23.3 Å². The number of halogens is 3. The number of likely N-dealkylation sites (tertiary alicyclic amines) is 1. The highest BCUT2D eigenvalue weighted by molar-refractivity contribution is 5.74. The maximum absolute atomic E-state index is 12.5. The van der Waals surface area contributed by atoms with Crippen LogP contribution in [0.3, 0.4) is 0 Å². The van der Waals surface area contributed by atoms with Crippen molar-refractivity contribution >= 4 is 17.0 Å². The Morgan fingerprint density at radius 2 is 2.08 bits per heavy atom. The molecule has 144 valence electrons. The summed E-state index contributed by atoms with van der Waals surface area (Å²) in [6.45, 7) is 6.25. The summed E-state index contributed by atoms with van der Waals surface area (Å²) in [5, 5.41) is 7.70. The number of H-pyrrole nitrogens is 1. The number of rotatable bonds is 4. The van der Waals surface area contributed by atoms with Gasteiger partial charge in [0.05, 0.1) is 18.3 Å². The lowest BCUT2D eigenvalue weighted by atomic mass is 10.1. The van der Waals surface area contributed by atoms with Gasteiger partial charge < -0.3 is 5.32 Å². The van der Waals surface area contributed by atoms with E-state index in [9.17, 15) is 18.0 Å². The highest BCUT2D eigenvalue weighted by atomic mass is 19.4. The van der Waals surface area contributed by atoms with E-state index in [0.29, 0.717) is 43.0 Å². The van der Waals surface area contributed by atoms with E-state index in [1.807, 2.05) is 20.8 Å². The summed E-state index contributed by atoms with van der Waals surface area (Å²) < 4.78 is 39.1. The van der Waals surface area contributed by atoms with Gasteiger partial charge in [-0.05, 0) is 39.7 Å². The number of hydrogen-bond acceptors (Lipinski definition) is 5. The number of anilines is 1. The molecule has 10 heteroatoms. The minimum Gasteiger partial charge on any atom is -0.355 e. The van der Waals surface area contributed by atoms with E-state index in [0.717, 1.165) is 0 Å². The molecular formula is C16H23F3N6O. The first-order chi connectivity index (χ1) is 12.0. The summed E-state index contributed by atoms with van der Waals surface area (Å²) in [6.07, 6.45) is -2.01. The molecule has 1 aliphatic rings. The zero-order valence-electron chi connectivity index (χ0n) is 15.0. The maximum Gasteiger partial charge on any atom is 0.401 e. The summed E-state index contributed by atoms with van der Waals surface area (Å²) in [5.74, 6) is 0.383. The minimum absolute atomic E-state index is 0.0749. The van der Waals surface area contributed by atoms with Crippen molar-refractivity contribution in [2.45, 2.75) is 38.9 Å². The van der Waals surface area contributed by atoms with Gasteiger partial charge in [0.2, 0.25) is 5.95 Å². The average Bonchev–Trinajstić information content (AvgIpc) is 3.09. The highest BCUT2D eigenvalue weighted by Gasteiger charge is 2.34. The Labute approximate surface area is 148 Å². The van der Waals surface area contributed by atoms with E-state index in [1.165, 1.54) is 11.1 Å². The molecule has 0 aliphatic carbocycles. The van der Waals surface area contributed by atoms with Gasteiger partial charge in [-0.15, -0.1) is 0 Å². The predicted octanol–water partition coefficient (Wildman–Crippen LogP) is 2.17. The van der Waals surface area contributed by atoms with Crippen molar-refractivity contribution < 1.29 is 13.2 Å². The molecule has 0 bridgehead atoms. The van der Waals surface area contributed by atoms with Gasteiger partial charge in [0.1, 0.15) is 5.39 Å². The van der Waals surface area contributed by atoms with Crippen molar-refractivity contribution in [1.29, 1.82) is 0 Å². The summed E-state index contributed by atoms with van der Waals surface area (Å²) in [4.78, 5) is 20.7. The van der Waals surface area contributed by atoms with Crippen molar-refractivity contribution in [2.75, 3.05) is 31.5 Å². The molecule has 1 atom stereocenters. The number of fused-ring (bicyclic) bond motifs is 1. The smallest absolute Gasteiger partial charge is 0.355 e. The lowest BCUT2D eigenvalue weighted by Crippen LogP contribution is -2.33. The van der Waals surface area contributed by atoms with Crippen LogP contribution in [0.4, 0.5) is 19.1 Å². The van der Waals surface area contributed by atoms with Gasteiger partial charge in [-0.1, -0.05) is 0 Å². The predicted molar refractivity (Wildman–Crippen MR) is 92.2 cm³/mol. The molecule has 0 radical (unpaired) electrons. The Bertz CT molecular complexity index is 835. The zero-order chi connectivity index (χ0) is 19.1. The molecule has 2 N–H and O–H groups in total. The normalized spacial score (nSPS) is 19.4. The summed E-state index contributed by atoms with van der Waals surface area (Å²) in [5.41, 5.74) is -0.143. The van der Waals surface area contributed by atoms with Crippen LogP contribution in [-0.2, 0) is 5.54 Å². The standard InChI is InChI=1S/C16H23F3N6O/c1-15(2,3)25-12-11(7-21-25)13(26)23-14(22-12)20-6-10-4-5-24(8-10)9-16(17,18)19/h7,10H,4-6,8-9H2,1-3H3,(H2,20,22,23,26). The Morgan fingerprint density at radius 3 is 2.73 bits per heavy atom. The largest absolute Gasteiger partial charge is 0.401 e. The molecule has 2 aromatic rings. The van der Waals surface area contributed by atoms with Gasteiger partial charge in [0, 0.05) is 13.1 Å². The molecule has 2 aromatic heterocycles. The molecular weight excluding hydrogens is 349 g/mol. The van der Waals surface area contributed by atoms with Gasteiger partial charge in [0.25, 0.3) is 5.56 Å². The van der Waals surface area contributed by atoms with E-state index >= 15 is 0 Å². The molecule has 0 saturated carbocycles. The number of nitrogens with zero attached hydrogens (tertiary/aromatic N) is 4. The molecule has 26 heavy (non-hydrogen) atoms. The second-order valence-corrected chi connectivity index (χ2v) is 7.76. The monoisotopic (exact) mass is 372 g/mol. The number of alkyl halides is 3. The fourth-order valence-corrected chi connectivity index (χ4v) is 3.21. The summed E-state index contributed by atoms with van der Waals surface area (Å²) in [6, 6.07) is 0. The highest BCUT2D eigenvalue weighted by Crippen LogP contribution is 2.23. The average molecular weight is 372 g/mol. The second kappa shape index (κ2) is 6.57. The topological polar surface area (TPSA) is 78.8 Å². The molecule has 1 aliphatic heterocycles. The molecule has 1 unspecified atom stereocenters. The molecule has 0 aromatic carbocycles. The Morgan fingerprint density at radius 1 is 1.35 bits per heavy atom. The summed E-state index contributed by atoms with van der Waals surface area (Å²) in [7, 11) is 0. The Balaban J connectivity index is 1.69. The van der Waals surface area contributed by atoms with Crippen molar-refractivity contribution in [3.05, 3.63) is 16.6 Å². The number of nitrogens with one attached hydrogen (secondary N) is 2. The van der Waals surface area contributed by atoms with E-state index in [-0.39, 0.29) is 17.0 Å². The van der Waals surface area contributed by atoms with Crippen LogP contribution < -0.4 is 10.9 Å². The van der Waals surface area contributed by atoms with Crippen molar-refractivity contribution in [1.82, 2.24) is 24.6 Å². The van der Waals surface area contributed by atoms with Crippen LogP contribution in [0, 0.1) is 5.92 Å². The van der Waals surface area contributed by atoms with E-state index in [4.69, 9.17) is 0 Å². The van der Waals surface area contributed by atoms with Gasteiger partial charge in [0.15, 0.2) is 5.65 Å². The molecule has 0 amide bonds. The first-order valence-electron chi connectivity index (χ1n) is 8.54. The van der Waals surface area contributed by atoms with E-state index < -0.39 is 12.7 Å². The van der Waals surface area contributed by atoms with Crippen LogP contribution in [0.1, 0.15) is 27.2 Å². The first-order valence-corrected chi connectivity index (χ1v) is 8.54. The van der Waals surface area contributed by atoms with Gasteiger partial charge in [-0.3, -0.25) is 14.7 Å². The second-order valence-electron chi connectivity index (χ2n) is 7.76. The first kappa shape index (κ1) is 18.7. The van der Waals surface area contributed by atoms with E-state index in [2.05, 4.69) is 20.4 Å². The van der Waals surface area contributed by atoms with Gasteiger partial charge >= 0.3 is 6.18 Å². The van der Waals surface area contributed by atoms with Crippen LogP contribution in [0.5, 0.6) is 0 Å². The number of aromatic nitrogens is 4. The van der Waals surface area contributed by atoms with Crippen molar-refractivity contribution in [2.24, 2.45) is 5.92 Å². The third-order valence-corrected chi connectivity index (χ3v) is 4.40. The molecule has 0 spiro atoms. The van der Waals surface area contributed by atoms with Crippen LogP contribution in [-0.4, -0.2) is 57.0 Å². The maximum atomic E-state index is 12.5. The van der Waals surface area contributed by atoms with Crippen molar-refractivity contribution in [3.63, 3.8) is 0 Å².